The number of hydrogen-bond donors (Lipinski definition) is 1. The molecule has 0 aliphatic carbocycles. The molecule has 0 fully saturated rings. The summed E-state index contributed by atoms with van der Waals surface area (Å²) < 4.78 is 12.0. The third-order valence-electron chi connectivity index (χ3n) is 5.58. The lowest BCUT2D eigenvalue weighted by Crippen LogP contribution is -2.16. The summed E-state index contributed by atoms with van der Waals surface area (Å²) in [6, 6.07) is 12.6. The Hall–Kier alpha value is -2.00. The van der Waals surface area contributed by atoms with Gasteiger partial charge in [0, 0.05) is 5.56 Å². The van der Waals surface area contributed by atoms with Gasteiger partial charge in [-0.15, -0.1) is 0 Å². The monoisotopic (exact) mass is 384 g/mol. The van der Waals surface area contributed by atoms with Crippen LogP contribution in [0.1, 0.15) is 76.1 Å². The summed E-state index contributed by atoms with van der Waals surface area (Å²) in [7, 11) is 0. The highest BCUT2D eigenvalue weighted by Crippen LogP contribution is 2.31. The smallest absolute Gasteiger partial charge is 0.128 e. The predicted molar refractivity (Wildman–Crippen MR) is 117 cm³/mol. The largest absolute Gasteiger partial charge is 0.490 e. The van der Waals surface area contributed by atoms with Crippen molar-refractivity contribution in [3.8, 4) is 11.5 Å². The fraction of sp³-hybridized carbons (Fsp3) is 0.520. The van der Waals surface area contributed by atoms with E-state index in [9.17, 15) is 5.11 Å². The predicted octanol–water partition coefficient (Wildman–Crippen LogP) is 6.01. The molecule has 0 saturated heterocycles. The number of ether oxygens (including phenoxy) is 2. The molecular formula is C25H36O3. The Morgan fingerprint density at radius 1 is 0.964 bits per heavy atom. The second kappa shape index (κ2) is 9.97. The molecule has 0 amide bonds. The third-order valence-corrected chi connectivity index (χ3v) is 5.58. The number of aliphatic hydroxyl groups excluding tert-OH is 1. The van der Waals surface area contributed by atoms with Crippen LogP contribution in [-0.2, 0) is 18.4 Å². The SMILES string of the molecule is CCc1cc(C(C)C)cc(CO)c1OCCOc1cccc(C(C)(C)CC)c1. The molecular weight excluding hydrogens is 348 g/mol. The van der Waals surface area contributed by atoms with Gasteiger partial charge in [-0.3, -0.25) is 0 Å². The normalized spacial score (nSPS) is 11.7. The van der Waals surface area contributed by atoms with Crippen LogP contribution >= 0.6 is 0 Å². The molecule has 28 heavy (non-hydrogen) atoms. The van der Waals surface area contributed by atoms with E-state index >= 15 is 0 Å². The molecule has 0 aromatic heterocycles. The van der Waals surface area contributed by atoms with Crippen molar-refractivity contribution in [2.75, 3.05) is 13.2 Å². The van der Waals surface area contributed by atoms with Crippen LogP contribution in [0.3, 0.4) is 0 Å². The lowest BCUT2D eigenvalue weighted by Gasteiger charge is -2.23. The summed E-state index contributed by atoms with van der Waals surface area (Å²) in [5.41, 5.74) is 4.66. The maximum Gasteiger partial charge on any atom is 0.128 e. The molecule has 0 heterocycles. The minimum Gasteiger partial charge on any atom is -0.490 e. The van der Waals surface area contributed by atoms with Crippen molar-refractivity contribution < 1.29 is 14.6 Å². The zero-order valence-corrected chi connectivity index (χ0v) is 18.3. The first-order valence-corrected chi connectivity index (χ1v) is 10.4. The lowest BCUT2D eigenvalue weighted by atomic mass is 9.82. The first-order valence-electron chi connectivity index (χ1n) is 10.4. The van der Waals surface area contributed by atoms with Crippen LogP contribution < -0.4 is 9.47 Å². The Bertz CT molecular complexity index is 737. The van der Waals surface area contributed by atoms with Gasteiger partial charge >= 0.3 is 0 Å². The van der Waals surface area contributed by atoms with E-state index in [1.54, 1.807) is 0 Å². The number of hydrogen-bond acceptors (Lipinski definition) is 3. The molecule has 2 rings (SSSR count). The molecule has 1 N–H and O–H groups in total. The Morgan fingerprint density at radius 3 is 2.25 bits per heavy atom. The van der Waals surface area contributed by atoms with E-state index in [0.717, 1.165) is 35.5 Å². The van der Waals surface area contributed by atoms with Gasteiger partial charge in [0.15, 0.2) is 0 Å². The zero-order chi connectivity index (χ0) is 20.7. The zero-order valence-electron chi connectivity index (χ0n) is 18.3. The fourth-order valence-electron chi connectivity index (χ4n) is 3.19. The molecule has 3 nitrogen and oxygen atoms in total. The van der Waals surface area contributed by atoms with Crippen LogP contribution in [0.5, 0.6) is 11.5 Å². The average Bonchev–Trinajstić information content (AvgIpc) is 2.70. The summed E-state index contributed by atoms with van der Waals surface area (Å²) in [5.74, 6) is 2.10. The molecule has 0 bridgehead atoms. The van der Waals surface area contributed by atoms with E-state index in [2.05, 4.69) is 65.8 Å². The molecule has 2 aromatic carbocycles. The van der Waals surface area contributed by atoms with Gasteiger partial charge in [0.05, 0.1) is 6.61 Å². The highest BCUT2D eigenvalue weighted by molar-refractivity contribution is 5.45. The first-order chi connectivity index (χ1) is 13.3. The van der Waals surface area contributed by atoms with E-state index < -0.39 is 0 Å². The van der Waals surface area contributed by atoms with E-state index in [0.29, 0.717) is 19.1 Å². The van der Waals surface area contributed by atoms with Crippen LogP contribution in [-0.4, -0.2) is 18.3 Å². The quantitative estimate of drug-likeness (QED) is 0.510. The number of aryl methyl sites for hydroxylation is 1. The molecule has 0 saturated carbocycles. The van der Waals surface area contributed by atoms with Crippen molar-refractivity contribution >= 4 is 0 Å². The second-order valence-electron chi connectivity index (χ2n) is 8.30. The Morgan fingerprint density at radius 2 is 1.64 bits per heavy atom. The van der Waals surface area contributed by atoms with Gasteiger partial charge in [0.2, 0.25) is 0 Å². The van der Waals surface area contributed by atoms with E-state index in [1.165, 1.54) is 11.1 Å². The third kappa shape index (κ3) is 5.51. The number of rotatable bonds is 10. The van der Waals surface area contributed by atoms with Crippen molar-refractivity contribution in [1.29, 1.82) is 0 Å². The number of aliphatic hydroxyl groups is 1. The van der Waals surface area contributed by atoms with Crippen molar-refractivity contribution in [1.82, 2.24) is 0 Å². The van der Waals surface area contributed by atoms with Gasteiger partial charge in [-0.25, -0.2) is 0 Å². The van der Waals surface area contributed by atoms with Crippen LogP contribution in [0.15, 0.2) is 36.4 Å². The second-order valence-corrected chi connectivity index (χ2v) is 8.30. The summed E-state index contributed by atoms with van der Waals surface area (Å²) in [6.45, 7) is 14.0. The molecule has 2 aromatic rings. The molecule has 3 heteroatoms. The van der Waals surface area contributed by atoms with Crippen molar-refractivity contribution in [2.24, 2.45) is 0 Å². The van der Waals surface area contributed by atoms with Gasteiger partial charge in [-0.2, -0.15) is 0 Å². The Kier molecular flexibility index (Phi) is 7.94. The van der Waals surface area contributed by atoms with E-state index in [-0.39, 0.29) is 12.0 Å². The van der Waals surface area contributed by atoms with Crippen molar-refractivity contribution in [3.63, 3.8) is 0 Å². The van der Waals surface area contributed by atoms with Gasteiger partial charge < -0.3 is 14.6 Å². The highest BCUT2D eigenvalue weighted by Gasteiger charge is 2.18. The summed E-state index contributed by atoms with van der Waals surface area (Å²) in [4.78, 5) is 0. The van der Waals surface area contributed by atoms with Crippen LogP contribution in [0.2, 0.25) is 0 Å². The van der Waals surface area contributed by atoms with Gasteiger partial charge in [0.25, 0.3) is 0 Å². The molecule has 0 radical (unpaired) electrons. The fourth-order valence-corrected chi connectivity index (χ4v) is 3.19. The highest BCUT2D eigenvalue weighted by atomic mass is 16.5. The molecule has 0 aliphatic rings. The van der Waals surface area contributed by atoms with Crippen molar-refractivity contribution in [3.05, 3.63) is 58.7 Å². The summed E-state index contributed by atoms with van der Waals surface area (Å²) >= 11 is 0. The van der Waals surface area contributed by atoms with Crippen molar-refractivity contribution in [2.45, 2.75) is 72.3 Å². The Balaban J connectivity index is 2.03. The van der Waals surface area contributed by atoms with E-state index in [1.807, 2.05) is 12.1 Å². The maximum atomic E-state index is 9.80. The van der Waals surface area contributed by atoms with Crippen LogP contribution in [0, 0.1) is 0 Å². The molecule has 0 unspecified atom stereocenters. The van der Waals surface area contributed by atoms with Gasteiger partial charge in [-0.05, 0) is 59.1 Å². The summed E-state index contributed by atoms with van der Waals surface area (Å²) in [6.07, 6.45) is 1.95. The van der Waals surface area contributed by atoms with Gasteiger partial charge in [0.1, 0.15) is 24.7 Å². The van der Waals surface area contributed by atoms with E-state index in [4.69, 9.17) is 9.47 Å². The molecule has 0 aliphatic heterocycles. The summed E-state index contributed by atoms with van der Waals surface area (Å²) in [5, 5.41) is 9.80. The molecule has 0 spiro atoms. The van der Waals surface area contributed by atoms with Gasteiger partial charge in [-0.1, -0.05) is 59.7 Å². The molecule has 154 valence electrons. The standard InChI is InChI=1S/C25H36O3/c1-7-19-14-20(18(3)4)15-21(17-26)24(19)28-13-12-27-23-11-9-10-22(16-23)25(5,6)8-2/h9-11,14-16,18,26H,7-8,12-13,17H2,1-6H3. The Labute approximate surface area is 170 Å². The van der Waals surface area contributed by atoms with Crippen LogP contribution in [0.4, 0.5) is 0 Å². The topological polar surface area (TPSA) is 38.7 Å². The number of benzene rings is 2. The maximum absolute atomic E-state index is 9.80. The lowest BCUT2D eigenvalue weighted by molar-refractivity contribution is 0.208. The molecule has 0 atom stereocenters. The van der Waals surface area contributed by atoms with Crippen LogP contribution in [0.25, 0.3) is 0 Å². The minimum atomic E-state index is -0.0160. The average molecular weight is 385 g/mol. The first kappa shape index (κ1) is 22.3. The minimum absolute atomic E-state index is 0.0160.